The fourth-order valence-electron chi connectivity index (χ4n) is 3.57. The predicted octanol–water partition coefficient (Wildman–Crippen LogP) is 3.06. The van der Waals surface area contributed by atoms with E-state index in [2.05, 4.69) is 26.0 Å². The fourth-order valence-corrected chi connectivity index (χ4v) is 3.57. The van der Waals surface area contributed by atoms with Crippen molar-refractivity contribution in [2.45, 2.75) is 45.3 Å². The standard InChI is InChI=1S/C20H25N5O2/c1-3-21-19-18-20(23-12-22-18)25(13-24-19)11-14-8-9-16(26-2)10-17(14)27-15-6-4-5-7-15/h8-10,12-13,15H,3-7,11H2,1-2H3,(H,22,23). The number of methoxy groups -OCH3 is 1. The summed E-state index contributed by atoms with van der Waals surface area (Å²) in [5, 5.41) is 0. The Labute approximate surface area is 158 Å². The third-order valence-electron chi connectivity index (χ3n) is 4.95. The highest BCUT2D eigenvalue weighted by atomic mass is 16.5. The third kappa shape index (κ3) is 3.67. The van der Waals surface area contributed by atoms with Gasteiger partial charge in [-0.1, -0.05) is 0 Å². The van der Waals surface area contributed by atoms with Crippen LogP contribution in [0.5, 0.6) is 11.5 Å². The molecule has 1 saturated carbocycles. The van der Waals surface area contributed by atoms with Gasteiger partial charge in [0.1, 0.15) is 17.0 Å². The maximum absolute atomic E-state index is 6.32. The summed E-state index contributed by atoms with van der Waals surface area (Å²) in [7, 11) is 1.68. The van der Waals surface area contributed by atoms with Crippen molar-refractivity contribution >= 4 is 11.2 Å². The molecule has 1 aliphatic rings. The summed E-state index contributed by atoms with van der Waals surface area (Å²) in [6.45, 7) is 3.30. The molecule has 27 heavy (non-hydrogen) atoms. The van der Waals surface area contributed by atoms with Gasteiger partial charge >= 0.3 is 0 Å². The lowest BCUT2D eigenvalue weighted by molar-refractivity contribution is 0.207. The summed E-state index contributed by atoms with van der Waals surface area (Å²) >= 11 is 0. The Morgan fingerprint density at radius 2 is 2.11 bits per heavy atom. The molecule has 0 bridgehead atoms. The molecule has 0 aliphatic heterocycles. The van der Waals surface area contributed by atoms with Crippen LogP contribution in [0.4, 0.5) is 0 Å². The zero-order valence-electron chi connectivity index (χ0n) is 15.8. The minimum Gasteiger partial charge on any atom is -0.497 e. The molecule has 3 aromatic rings. The quantitative estimate of drug-likeness (QED) is 0.726. The number of fused-ring (bicyclic) bond motifs is 1. The lowest BCUT2D eigenvalue weighted by atomic mass is 10.1. The topological polar surface area (TPSA) is 77.3 Å². The van der Waals surface area contributed by atoms with E-state index in [0.717, 1.165) is 41.1 Å². The molecule has 0 unspecified atom stereocenters. The number of H-pyrrole nitrogens is 1. The number of benzene rings is 1. The SMILES string of the molecule is CCN=c1ncn(Cc2ccc(OC)cc2OC2CCCC2)c2nc[nH]c12. The second-order valence-electron chi connectivity index (χ2n) is 6.77. The Balaban J connectivity index is 1.70. The summed E-state index contributed by atoms with van der Waals surface area (Å²) in [6.07, 6.45) is 8.46. The smallest absolute Gasteiger partial charge is 0.176 e. The second-order valence-corrected chi connectivity index (χ2v) is 6.77. The van der Waals surface area contributed by atoms with Crippen LogP contribution in [0.2, 0.25) is 0 Å². The van der Waals surface area contributed by atoms with E-state index in [1.54, 1.807) is 19.8 Å². The van der Waals surface area contributed by atoms with E-state index >= 15 is 0 Å². The van der Waals surface area contributed by atoms with Gasteiger partial charge in [0.15, 0.2) is 11.1 Å². The van der Waals surface area contributed by atoms with Gasteiger partial charge in [0.25, 0.3) is 0 Å². The number of rotatable bonds is 6. The molecule has 1 aliphatic carbocycles. The number of nitrogens with one attached hydrogen (secondary N) is 1. The van der Waals surface area contributed by atoms with Crippen LogP contribution in [0.25, 0.3) is 11.2 Å². The number of aromatic nitrogens is 4. The van der Waals surface area contributed by atoms with E-state index in [0.29, 0.717) is 18.6 Å². The molecule has 142 valence electrons. The highest BCUT2D eigenvalue weighted by molar-refractivity contribution is 5.68. The molecular formula is C20H25N5O2. The molecule has 7 nitrogen and oxygen atoms in total. The van der Waals surface area contributed by atoms with Crippen molar-refractivity contribution in [1.29, 1.82) is 0 Å². The van der Waals surface area contributed by atoms with Crippen molar-refractivity contribution < 1.29 is 9.47 Å². The first-order chi connectivity index (χ1) is 13.3. The summed E-state index contributed by atoms with van der Waals surface area (Å²) in [4.78, 5) is 16.5. The van der Waals surface area contributed by atoms with Crippen LogP contribution in [0.15, 0.2) is 35.8 Å². The Bertz CT molecular complexity index is 985. The van der Waals surface area contributed by atoms with E-state index in [1.165, 1.54) is 12.8 Å². The first kappa shape index (κ1) is 17.6. The molecule has 0 radical (unpaired) electrons. The van der Waals surface area contributed by atoms with Crippen molar-refractivity contribution in [2.75, 3.05) is 13.7 Å². The molecule has 2 aromatic heterocycles. The Morgan fingerprint density at radius 1 is 1.26 bits per heavy atom. The molecule has 2 heterocycles. The van der Waals surface area contributed by atoms with Crippen LogP contribution in [-0.4, -0.2) is 39.3 Å². The van der Waals surface area contributed by atoms with Gasteiger partial charge < -0.3 is 19.0 Å². The predicted molar refractivity (Wildman–Crippen MR) is 103 cm³/mol. The molecule has 0 atom stereocenters. The van der Waals surface area contributed by atoms with E-state index in [-0.39, 0.29) is 6.10 Å². The molecule has 1 N–H and O–H groups in total. The average molecular weight is 367 g/mol. The molecule has 0 amide bonds. The second kappa shape index (κ2) is 7.82. The monoisotopic (exact) mass is 367 g/mol. The summed E-state index contributed by atoms with van der Waals surface area (Å²) in [5.41, 5.74) is 3.46. The van der Waals surface area contributed by atoms with Gasteiger partial charge in [-0.3, -0.25) is 4.99 Å². The zero-order valence-corrected chi connectivity index (χ0v) is 15.8. The Kier molecular flexibility index (Phi) is 5.09. The highest BCUT2D eigenvalue weighted by Gasteiger charge is 2.19. The van der Waals surface area contributed by atoms with Crippen molar-refractivity contribution in [3.05, 3.63) is 41.9 Å². The lowest BCUT2D eigenvalue weighted by Gasteiger charge is -2.18. The minimum atomic E-state index is 0.287. The summed E-state index contributed by atoms with van der Waals surface area (Å²) in [6, 6.07) is 6.00. The van der Waals surface area contributed by atoms with Gasteiger partial charge in [0.2, 0.25) is 0 Å². The zero-order chi connectivity index (χ0) is 18.6. The van der Waals surface area contributed by atoms with E-state index in [9.17, 15) is 0 Å². The number of aromatic amines is 1. The third-order valence-corrected chi connectivity index (χ3v) is 4.95. The number of ether oxygens (including phenoxy) is 2. The number of hydrogen-bond donors (Lipinski definition) is 1. The average Bonchev–Trinajstić information content (AvgIpc) is 3.37. The summed E-state index contributed by atoms with van der Waals surface area (Å²) < 4.78 is 13.7. The molecule has 1 fully saturated rings. The Hall–Kier alpha value is -2.83. The van der Waals surface area contributed by atoms with Crippen molar-refractivity contribution in [3.8, 4) is 11.5 Å². The van der Waals surface area contributed by atoms with Crippen LogP contribution in [-0.2, 0) is 6.54 Å². The Morgan fingerprint density at radius 3 is 2.89 bits per heavy atom. The first-order valence-corrected chi connectivity index (χ1v) is 9.51. The summed E-state index contributed by atoms with van der Waals surface area (Å²) in [5.74, 6) is 1.68. The largest absolute Gasteiger partial charge is 0.497 e. The fraction of sp³-hybridized carbons (Fsp3) is 0.450. The maximum atomic E-state index is 6.32. The van der Waals surface area contributed by atoms with Crippen LogP contribution < -0.4 is 15.0 Å². The molecule has 0 saturated heterocycles. The van der Waals surface area contributed by atoms with Crippen LogP contribution >= 0.6 is 0 Å². The van der Waals surface area contributed by atoms with E-state index in [1.807, 2.05) is 23.6 Å². The van der Waals surface area contributed by atoms with Crippen molar-refractivity contribution in [3.63, 3.8) is 0 Å². The van der Waals surface area contributed by atoms with Gasteiger partial charge in [0.05, 0.1) is 32.4 Å². The van der Waals surface area contributed by atoms with Gasteiger partial charge in [-0.2, -0.15) is 0 Å². The minimum absolute atomic E-state index is 0.287. The normalized spacial score (nSPS) is 15.6. The van der Waals surface area contributed by atoms with Crippen molar-refractivity contribution in [1.82, 2.24) is 19.5 Å². The molecular weight excluding hydrogens is 342 g/mol. The maximum Gasteiger partial charge on any atom is 0.176 e. The van der Waals surface area contributed by atoms with Gasteiger partial charge in [-0.25, -0.2) is 9.97 Å². The van der Waals surface area contributed by atoms with Crippen molar-refractivity contribution in [2.24, 2.45) is 4.99 Å². The van der Waals surface area contributed by atoms with E-state index in [4.69, 9.17) is 9.47 Å². The van der Waals surface area contributed by atoms with Gasteiger partial charge in [-0.05, 0) is 44.7 Å². The molecule has 0 spiro atoms. The molecule has 4 rings (SSSR count). The first-order valence-electron chi connectivity index (χ1n) is 9.51. The number of hydrogen-bond acceptors (Lipinski definition) is 5. The van der Waals surface area contributed by atoms with Crippen LogP contribution in [0.3, 0.4) is 0 Å². The van der Waals surface area contributed by atoms with E-state index < -0.39 is 0 Å². The number of nitrogens with zero attached hydrogens (tertiary/aromatic N) is 4. The lowest BCUT2D eigenvalue weighted by Crippen LogP contribution is -2.16. The van der Waals surface area contributed by atoms with Gasteiger partial charge in [-0.15, -0.1) is 0 Å². The van der Waals surface area contributed by atoms with Crippen LogP contribution in [0.1, 0.15) is 38.2 Å². The molecule has 1 aromatic carbocycles. The number of imidazole rings is 1. The molecule has 7 heteroatoms. The van der Waals surface area contributed by atoms with Crippen LogP contribution in [0, 0.1) is 0 Å². The highest BCUT2D eigenvalue weighted by Crippen LogP contribution is 2.30. The van der Waals surface area contributed by atoms with Gasteiger partial charge in [0, 0.05) is 18.2 Å².